The Kier molecular flexibility index (Phi) is 3.66. The molecule has 1 saturated carbocycles. The number of halogens is 1. The molecule has 0 unspecified atom stereocenters. The van der Waals surface area contributed by atoms with Crippen molar-refractivity contribution in [2.45, 2.75) is 52.1 Å². The van der Waals surface area contributed by atoms with E-state index in [1.807, 2.05) is 6.92 Å². The molecule has 2 rings (SSSR count). The van der Waals surface area contributed by atoms with Crippen LogP contribution in [0.15, 0.2) is 30.4 Å². The van der Waals surface area contributed by atoms with E-state index in [2.05, 4.69) is 25.4 Å². The summed E-state index contributed by atoms with van der Waals surface area (Å²) in [5.74, 6) is -0.158. The summed E-state index contributed by atoms with van der Waals surface area (Å²) in [7, 11) is 0. The van der Waals surface area contributed by atoms with Crippen LogP contribution in [0.25, 0.3) is 0 Å². The van der Waals surface area contributed by atoms with E-state index in [9.17, 15) is 4.39 Å². The molecule has 3 heteroatoms. The third-order valence-corrected chi connectivity index (χ3v) is 4.59. The molecule has 0 aromatic carbocycles. The van der Waals surface area contributed by atoms with E-state index < -0.39 is 5.95 Å². The second-order valence-electron chi connectivity index (χ2n) is 5.74. The molecule has 0 bridgehead atoms. The van der Waals surface area contributed by atoms with Crippen molar-refractivity contribution in [1.29, 1.82) is 0 Å². The molecule has 1 aliphatic rings. The molecule has 0 spiro atoms. The second-order valence-corrected chi connectivity index (χ2v) is 5.74. The summed E-state index contributed by atoms with van der Waals surface area (Å²) in [6, 6.07) is 4.64. The van der Waals surface area contributed by atoms with Gasteiger partial charge in [-0.3, -0.25) is 0 Å². The molecule has 1 aromatic heterocycles. The van der Waals surface area contributed by atoms with Crippen molar-refractivity contribution in [3.63, 3.8) is 0 Å². The summed E-state index contributed by atoms with van der Waals surface area (Å²) >= 11 is 0. The number of hydrogen-bond acceptors (Lipinski definition) is 2. The fourth-order valence-electron chi connectivity index (χ4n) is 3.02. The predicted molar refractivity (Wildman–Crippen MR) is 74.6 cm³/mol. The largest absolute Gasteiger partial charge is 0.466 e. The number of ether oxygens (including phenoxy) is 1. The first-order valence-corrected chi connectivity index (χ1v) is 6.93. The fraction of sp³-hybridized carbons (Fsp3) is 0.562. The molecule has 0 atom stereocenters. The van der Waals surface area contributed by atoms with Crippen LogP contribution in [0.2, 0.25) is 0 Å². The van der Waals surface area contributed by atoms with E-state index >= 15 is 0 Å². The highest BCUT2D eigenvalue weighted by Gasteiger charge is 2.55. The summed E-state index contributed by atoms with van der Waals surface area (Å²) in [5, 5.41) is 0. The molecule has 0 radical (unpaired) electrons. The first kappa shape index (κ1) is 14.0. The van der Waals surface area contributed by atoms with E-state index in [0.29, 0.717) is 11.3 Å². The van der Waals surface area contributed by atoms with E-state index in [0.717, 1.165) is 31.3 Å². The Balaban J connectivity index is 2.18. The van der Waals surface area contributed by atoms with E-state index in [-0.39, 0.29) is 5.60 Å². The Morgan fingerprint density at radius 1 is 1.37 bits per heavy atom. The molecule has 0 saturated heterocycles. The van der Waals surface area contributed by atoms with Crippen LogP contribution in [0.5, 0.6) is 5.88 Å². The van der Waals surface area contributed by atoms with Gasteiger partial charge < -0.3 is 4.74 Å². The summed E-state index contributed by atoms with van der Waals surface area (Å²) < 4.78 is 19.1. The van der Waals surface area contributed by atoms with Crippen molar-refractivity contribution in [2.75, 3.05) is 0 Å². The van der Waals surface area contributed by atoms with Crippen LogP contribution >= 0.6 is 0 Å². The SMILES string of the molecule is C=C(C)C1(Oc2cccc(F)n2)CC(CC)(CC)C1. The smallest absolute Gasteiger partial charge is 0.216 e. The third-order valence-electron chi connectivity index (χ3n) is 4.59. The quantitative estimate of drug-likeness (QED) is 0.576. The Hall–Kier alpha value is -1.38. The zero-order chi connectivity index (χ0) is 14.1. The van der Waals surface area contributed by atoms with Gasteiger partial charge in [-0.1, -0.05) is 39.3 Å². The molecule has 0 aliphatic heterocycles. The highest BCUT2D eigenvalue weighted by atomic mass is 19.1. The summed E-state index contributed by atoms with van der Waals surface area (Å²) in [5.41, 5.74) is 0.968. The molecule has 1 aliphatic carbocycles. The zero-order valence-electron chi connectivity index (χ0n) is 12.0. The van der Waals surface area contributed by atoms with E-state index in [1.54, 1.807) is 12.1 Å². The van der Waals surface area contributed by atoms with Crippen LogP contribution in [0.1, 0.15) is 46.5 Å². The minimum absolute atomic E-state index is 0.340. The first-order chi connectivity index (χ1) is 8.95. The van der Waals surface area contributed by atoms with Gasteiger partial charge in [0.25, 0.3) is 0 Å². The lowest BCUT2D eigenvalue weighted by atomic mass is 9.54. The normalized spacial score (nSPS) is 19.6. The van der Waals surface area contributed by atoms with Gasteiger partial charge in [0.15, 0.2) is 0 Å². The van der Waals surface area contributed by atoms with Crippen LogP contribution in [0.4, 0.5) is 4.39 Å². The number of rotatable bonds is 5. The average Bonchev–Trinajstić information content (AvgIpc) is 2.33. The van der Waals surface area contributed by atoms with Crippen LogP contribution in [0, 0.1) is 11.4 Å². The van der Waals surface area contributed by atoms with E-state index in [4.69, 9.17) is 4.74 Å². The second kappa shape index (κ2) is 4.95. The number of pyridine rings is 1. The van der Waals surface area contributed by atoms with Gasteiger partial charge in [-0.15, -0.1) is 0 Å². The minimum Gasteiger partial charge on any atom is -0.466 e. The minimum atomic E-state index is -0.508. The van der Waals surface area contributed by atoms with Crippen LogP contribution in [0.3, 0.4) is 0 Å². The van der Waals surface area contributed by atoms with Crippen molar-refractivity contribution in [3.05, 3.63) is 36.3 Å². The van der Waals surface area contributed by atoms with Gasteiger partial charge in [-0.05, 0) is 36.8 Å². The summed E-state index contributed by atoms with van der Waals surface area (Å²) in [6.45, 7) is 10.5. The summed E-state index contributed by atoms with van der Waals surface area (Å²) in [4.78, 5) is 3.79. The van der Waals surface area contributed by atoms with Crippen LogP contribution in [-0.4, -0.2) is 10.6 Å². The molecular weight excluding hydrogens is 241 g/mol. The molecule has 0 N–H and O–H groups in total. The van der Waals surface area contributed by atoms with Gasteiger partial charge in [0, 0.05) is 6.07 Å². The fourth-order valence-corrected chi connectivity index (χ4v) is 3.02. The highest BCUT2D eigenvalue weighted by Crippen LogP contribution is 2.57. The first-order valence-electron chi connectivity index (χ1n) is 6.93. The maximum Gasteiger partial charge on any atom is 0.216 e. The molecule has 0 amide bonds. The van der Waals surface area contributed by atoms with Crippen molar-refractivity contribution in [3.8, 4) is 5.88 Å². The third kappa shape index (κ3) is 2.51. The Bertz CT molecular complexity index is 471. The number of nitrogens with zero attached hydrogens (tertiary/aromatic N) is 1. The molecule has 104 valence electrons. The van der Waals surface area contributed by atoms with Crippen molar-refractivity contribution < 1.29 is 9.13 Å². The Morgan fingerprint density at radius 2 is 2.00 bits per heavy atom. The lowest BCUT2D eigenvalue weighted by molar-refractivity contribution is -0.0886. The van der Waals surface area contributed by atoms with Crippen molar-refractivity contribution in [1.82, 2.24) is 4.98 Å². The van der Waals surface area contributed by atoms with Crippen LogP contribution in [-0.2, 0) is 0 Å². The number of hydrogen-bond donors (Lipinski definition) is 0. The van der Waals surface area contributed by atoms with Crippen molar-refractivity contribution >= 4 is 0 Å². The maximum absolute atomic E-state index is 13.1. The van der Waals surface area contributed by atoms with Gasteiger partial charge in [-0.2, -0.15) is 9.37 Å². The number of aromatic nitrogens is 1. The van der Waals surface area contributed by atoms with Crippen LogP contribution < -0.4 is 4.74 Å². The highest BCUT2D eigenvalue weighted by molar-refractivity contribution is 5.25. The summed E-state index contributed by atoms with van der Waals surface area (Å²) in [6.07, 6.45) is 4.16. The topological polar surface area (TPSA) is 22.1 Å². The van der Waals surface area contributed by atoms with E-state index in [1.165, 1.54) is 6.07 Å². The predicted octanol–water partition coefficient (Wildman–Crippen LogP) is 4.51. The van der Waals surface area contributed by atoms with Gasteiger partial charge in [0.2, 0.25) is 11.8 Å². The van der Waals surface area contributed by atoms with Gasteiger partial charge >= 0.3 is 0 Å². The van der Waals surface area contributed by atoms with Gasteiger partial charge in [0.1, 0.15) is 5.60 Å². The molecule has 1 fully saturated rings. The zero-order valence-corrected chi connectivity index (χ0v) is 12.0. The van der Waals surface area contributed by atoms with Crippen molar-refractivity contribution in [2.24, 2.45) is 5.41 Å². The van der Waals surface area contributed by atoms with Gasteiger partial charge in [-0.25, -0.2) is 0 Å². The Morgan fingerprint density at radius 3 is 2.47 bits per heavy atom. The lowest BCUT2D eigenvalue weighted by Crippen LogP contribution is -2.56. The molecule has 2 nitrogen and oxygen atoms in total. The lowest BCUT2D eigenvalue weighted by Gasteiger charge is -2.55. The van der Waals surface area contributed by atoms with Gasteiger partial charge in [0.05, 0.1) is 0 Å². The maximum atomic E-state index is 13.1. The molecule has 19 heavy (non-hydrogen) atoms. The molecular formula is C16H22FNO. The molecule has 1 heterocycles. The molecule has 1 aromatic rings. The monoisotopic (exact) mass is 263 g/mol. The Labute approximate surface area is 114 Å². The standard InChI is InChI=1S/C16H22FNO/c1-5-15(6-2)10-16(11-15,12(3)4)19-14-9-7-8-13(17)18-14/h7-9H,3,5-6,10-11H2,1-2,4H3. The average molecular weight is 263 g/mol.